The number of hydrogen-bond acceptors (Lipinski definition) is 5. The van der Waals surface area contributed by atoms with Gasteiger partial charge in [0.25, 0.3) is 0 Å². The minimum absolute atomic E-state index is 0.379. The van der Waals surface area contributed by atoms with Crippen LogP contribution in [0.3, 0.4) is 0 Å². The van der Waals surface area contributed by atoms with Gasteiger partial charge in [-0.25, -0.2) is 4.98 Å². The molecule has 0 aliphatic carbocycles. The number of nitriles is 1. The smallest absolute Gasteiger partial charge is 0.153 e. The monoisotopic (exact) mass is 257 g/mol. The standard InChI is InChI=1S/C13H15N5O/c1-19-9-3-7-18-8-6-13(17-18)16-12-5-2-4-11(10-14)15-12/h2,4-6,8H,3,7,9H2,1H3,(H,15,16,17). The summed E-state index contributed by atoms with van der Waals surface area (Å²) in [6.07, 6.45) is 2.81. The van der Waals surface area contributed by atoms with Gasteiger partial charge in [0.15, 0.2) is 5.82 Å². The lowest BCUT2D eigenvalue weighted by Gasteiger charge is -2.02. The molecule has 6 nitrogen and oxygen atoms in total. The normalized spacial score (nSPS) is 10.1. The maximum atomic E-state index is 8.78. The van der Waals surface area contributed by atoms with Gasteiger partial charge in [-0.1, -0.05) is 6.07 Å². The molecule has 0 aliphatic rings. The Kier molecular flexibility index (Phi) is 4.48. The van der Waals surface area contributed by atoms with Crippen LogP contribution < -0.4 is 5.32 Å². The minimum atomic E-state index is 0.379. The molecule has 1 N–H and O–H groups in total. The lowest BCUT2D eigenvalue weighted by Crippen LogP contribution is -2.03. The van der Waals surface area contributed by atoms with Crippen molar-refractivity contribution in [2.45, 2.75) is 13.0 Å². The first-order valence-corrected chi connectivity index (χ1v) is 5.98. The number of rotatable bonds is 6. The van der Waals surface area contributed by atoms with Gasteiger partial charge in [0, 0.05) is 32.5 Å². The quantitative estimate of drug-likeness (QED) is 0.800. The van der Waals surface area contributed by atoms with Crippen LogP contribution in [0.15, 0.2) is 30.5 Å². The number of aromatic nitrogens is 3. The van der Waals surface area contributed by atoms with Gasteiger partial charge in [-0.3, -0.25) is 4.68 Å². The van der Waals surface area contributed by atoms with Gasteiger partial charge in [-0.05, 0) is 18.6 Å². The lowest BCUT2D eigenvalue weighted by molar-refractivity contribution is 0.189. The molecule has 0 aliphatic heterocycles. The van der Waals surface area contributed by atoms with Crippen LogP contribution in [-0.4, -0.2) is 28.5 Å². The van der Waals surface area contributed by atoms with Gasteiger partial charge >= 0.3 is 0 Å². The minimum Gasteiger partial charge on any atom is -0.385 e. The number of hydrogen-bond donors (Lipinski definition) is 1. The summed E-state index contributed by atoms with van der Waals surface area (Å²) in [6, 6.07) is 9.11. The summed E-state index contributed by atoms with van der Waals surface area (Å²) < 4.78 is 6.84. The topological polar surface area (TPSA) is 75.8 Å². The Hall–Kier alpha value is -2.39. The highest BCUT2D eigenvalue weighted by Gasteiger charge is 2.01. The predicted molar refractivity (Wildman–Crippen MR) is 71.0 cm³/mol. The first-order valence-electron chi connectivity index (χ1n) is 5.98. The van der Waals surface area contributed by atoms with E-state index in [4.69, 9.17) is 10.00 Å². The van der Waals surface area contributed by atoms with Gasteiger partial charge < -0.3 is 10.1 Å². The lowest BCUT2D eigenvalue weighted by atomic mass is 10.3. The van der Waals surface area contributed by atoms with E-state index >= 15 is 0 Å². The average Bonchev–Trinajstić information content (AvgIpc) is 2.87. The van der Waals surface area contributed by atoms with E-state index in [2.05, 4.69) is 15.4 Å². The van der Waals surface area contributed by atoms with E-state index in [0.717, 1.165) is 13.0 Å². The average molecular weight is 257 g/mol. The molecule has 2 heterocycles. The van der Waals surface area contributed by atoms with Crippen molar-refractivity contribution in [2.75, 3.05) is 19.0 Å². The summed E-state index contributed by atoms with van der Waals surface area (Å²) in [5.74, 6) is 1.32. The molecule has 2 aromatic heterocycles. The maximum Gasteiger partial charge on any atom is 0.153 e. The molecule has 19 heavy (non-hydrogen) atoms. The van der Waals surface area contributed by atoms with Gasteiger partial charge in [-0.15, -0.1) is 0 Å². The van der Waals surface area contributed by atoms with E-state index in [1.54, 1.807) is 25.3 Å². The summed E-state index contributed by atoms with van der Waals surface area (Å²) in [5.41, 5.74) is 0.379. The summed E-state index contributed by atoms with van der Waals surface area (Å²) in [4.78, 5) is 4.13. The van der Waals surface area contributed by atoms with Crippen molar-refractivity contribution < 1.29 is 4.74 Å². The van der Waals surface area contributed by atoms with Gasteiger partial charge in [0.1, 0.15) is 17.6 Å². The van der Waals surface area contributed by atoms with Gasteiger partial charge in [-0.2, -0.15) is 10.4 Å². The fourth-order valence-electron chi connectivity index (χ4n) is 1.62. The van der Waals surface area contributed by atoms with Crippen molar-refractivity contribution in [3.63, 3.8) is 0 Å². The molecule has 0 amide bonds. The third-order valence-electron chi connectivity index (χ3n) is 2.50. The molecule has 0 unspecified atom stereocenters. The zero-order chi connectivity index (χ0) is 13.5. The number of ether oxygens (including phenoxy) is 1. The van der Waals surface area contributed by atoms with E-state index in [-0.39, 0.29) is 0 Å². The second-order valence-corrected chi connectivity index (χ2v) is 3.96. The molecule has 0 aromatic carbocycles. The highest BCUT2D eigenvalue weighted by molar-refractivity contribution is 5.51. The summed E-state index contributed by atoms with van der Waals surface area (Å²) in [6.45, 7) is 1.52. The highest BCUT2D eigenvalue weighted by Crippen LogP contribution is 2.12. The van der Waals surface area contributed by atoms with Crippen LogP contribution in [0.25, 0.3) is 0 Å². The van der Waals surface area contributed by atoms with Crippen molar-refractivity contribution in [3.8, 4) is 6.07 Å². The van der Waals surface area contributed by atoms with E-state index < -0.39 is 0 Å². The number of nitrogens with one attached hydrogen (secondary N) is 1. The Morgan fingerprint density at radius 1 is 1.37 bits per heavy atom. The zero-order valence-corrected chi connectivity index (χ0v) is 10.7. The van der Waals surface area contributed by atoms with Crippen LogP contribution in [0.5, 0.6) is 0 Å². The number of anilines is 2. The largest absolute Gasteiger partial charge is 0.385 e. The van der Waals surface area contributed by atoms with Crippen molar-refractivity contribution >= 4 is 11.6 Å². The molecule has 98 valence electrons. The molecule has 6 heteroatoms. The second-order valence-electron chi connectivity index (χ2n) is 3.96. The summed E-state index contributed by atoms with van der Waals surface area (Å²) in [7, 11) is 1.68. The van der Waals surface area contributed by atoms with Crippen molar-refractivity contribution in [3.05, 3.63) is 36.2 Å². The fraction of sp³-hybridized carbons (Fsp3) is 0.308. The SMILES string of the molecule is COCCCn1ccc(Nc2cccc(C#N)n2)n1. The Balaban J connectivity index is 1.97. The number of methoxy groups -OCH3 is 1. The maximum absolute atomic E-state index is 8.78. The highest BCUT2D eigenvalue weighted by atomic mass is 16.5. The Morgan fingerprint density at radius 3 is 3.05 bits per heavy atom. The zero-order valence-electron chi connectivity index (χ0n) is 10.7. The van der Waals surface area contributed by atoms with E-state index in [0.29, 0.717) is 23.9 Å². The van der Waals surface area contributed by atoms with E-state index in [9.17, 15) is 0 Å². The second kappa shape index (κ2) is 6.52. The third kappa shape index (κ3) is 3.79. The number of pyridine rings is 1. The van der Waals surface area contributed by atoms with Crippen molar-refractivity contribution in [1.82, 2.24) is 14.8 Å². The predicted octanol–water partition coefficient (Wildman–Crippen LogP) is 1.93. The first-order chi connectivity index (χ1) is 9.31. The third-order valence-corrected chi connectivity index (χ3v) is 2.50. The summed E-state index contributed by atoms with van der Waals surface area (Å²) in [5, 5.41) is 16.2. The van der Waals surface area contributed by atoms with Crippen LogP contribution in [-0.2, 0) is 11.3 Å². The molecule has 0 saturated carbocycles. The molecule has 0 saturated heterocycles. The van der Waals surface area contributed by atoms with E-state index in [1.807, 2.05) is 23.0 Å². The van der Waals surface area contributed by atoms with Gasteiger partial charge in [0.2, 0.25) is 0 Å². The fourth-order valence-corrected chi connectivity index (χ4v) is 1.62. The number of aryl methyl sites for hydroxylation is 1. The van der Waals surface area contributed by atoms with Crippen LogP contribution in [0.2, 0.25) is 0 Å². The molecule has 0 radical (unpaired) electrons. The van der Waals surface area contributed by atoms with Crippen LogP contribution in [0.1, 0.15) is 12.1 Å². The molecular formula is C13H15N5O. The Labute approximate surface area is 111 Å². The van der Waals surface area contributed by atoms with Crippen LogP contribution >= 0.6 is 0 Å². The molecule has 0 spiro atoms. The first kappa shape index (κ1) is 13.1. The molecule has 2 rings (SSSR count). The summed E-state index contributed by atoms with van der Waals surface area (Å²) >= 11 is 0. The Bertz CT molecular complexity index is 572. The molecule has 0 atom stereocenters. The molecule has 2 aromatic rings. The van der Waals surface area contributed by atoms with Crippen molar-refractivity contribution in [1.29, 1.82) is 5.26 Å². The van der Waals surface area contributed by atoms with Crippen LogP contribution in [0.4, 0.5) is 11.6 Å². The van der Waals surface area contributed by atoms with Crippen LogP contribution in [0, 0.1) is 11.3 Å². The molecular weight excluding hydrogens is 242 g/mol. The Morgan fingerprint density at radius 2 is 2.26 bits per heavy atom. The number of nitrogens with zero attached hydrogens (tertiary/aromatic N) is 4. The molecule has 0 fully saturated rings. The van der Waals surface area contributed by atoms with Gasteiger partial charge in [0.05, 0.1) is 0 Å². The van der Waals surface area contributed by atoms with Crippen molar-refractivity contribution in [2.24, 2.45) is 0 Å². The van der Waals surface area contributed by atoms with E-state index in [1.165, 1.54) is 0 Å². The molecule has 0 bridgehead atoms.